The minimum atomic E-state index is 0.437. The first-order chi connectivity index (χ1) is 7.21. The molecule has 1 unspecified atom stereocenters. The van der Waals surface area contributed by atoms with Crippen molar-refractivity contribution in [3.8, 4) is 0 Å². The van der Waals surface area contributed by atoms with Gasteiger partial charge in [0.05, 0.1) is 13.2 Å². The Morgan fingerprint density at radius 2 is 2.20 bits per heavy atom. The zero-order chi connectivity index (χ0) is 11.7. The topological polar surface area (TPSA) is 62.9 Å². The number of nitrogens with one attached hydrogen (secondary N) is 1. The number of nitrogens with zero attached hydrogens (tertiary/aromatic N) is 2. The molecule has 0 aliphatic rings. The first kappa shape index (κ1) is 14.2. The minimum absolute atomic E-state index is 0.437. The van der Waals surface area contributed by atoms with Gasteiger partial charge in [0.25, 0.3) is 0 Å². The molecule has 5 nitrogen and oxygen atoms in total. The number of methoxy groups -OCH3 is 1. The van der Waals surface area contributed by atoms with E-state index in [0.29, 0.717) is 19.2 Å². The molecule has 0 spiro atoms. The molecule has 0 saturated carbocycles. The third-order valence-electron chi connectivity index (χ3n) is 2.42. The van der Waals surface area contributed by atoms with Crippen LogP contribution in [0.25, 0.3) is 0 Å². The van der Waals surface area contributed by atoms with Crippen LogP contribution >= 0.6 is 0 Å². The highest BCUT2D eigenvalue weighted by molar-refractivity contribution is 5.79. The molecule has 0 aromatic rings. The maximum Gasteiger partial charge on any atom is 0.208 e. The van der Waals surface area contributed by atoms with Crippen molar-refractivity contribution in [3.05, 3.63) is 0 Å². The molecule has 0 amide bonds. The molecule has 0 heterocycles. The van der Waals surface area contributed by atoms with Crippen molar-refractivity contribution in [1.82, 2.24) is 10.3 Å². The summed E-state index contributed by atoms with van der Waals surface area (Å²) in [5.74, 6) is 6.20. The van der Waals surface area contributed by atoms with Gasteiger partial charge >= 0.3 is 0 Å². The summed E-state index contributed by atoms with van der Waals surface area (Å²) in [6, 6.07) is 0.437. The molecule has 1 atom stereocenters. The van der Waals surface area contributed by atoms with Crippen LogP contribution in [0, 0.1) is 0 Å². The van der Waals surface area contributed by atoms with Crippen LogP contribution in [0.5, 0.6) is 0 Å². The van der Waals surface area contributed by atoms with Gasteiger partial charge in [-0.1, -0.05) is 6.92 Å². The van der Waals surface area contributed by atoms with Crippen molar-refractivity contribution >= 4 is 5.96 Å². The molecule has 0 fully saturated rings. The maximum absolute atomic E-state index is 5.46. The van der Waals surface area contributed by atoms with Crippen LogP contribution in [-0.4, -0.2) is 43.7 Å². The lowest BCUT2D eigenvalue weighted by molar-refractivity contribution is 0.207. The number of hydrazine groups is 1. The quantitative estimate of drug-likeness (QED) is 0.224. The smallest absolute Gasteiger partial charge is 0.208 e. The van der Waals surface area contributed by atoms with Gasteiger partial charge in [0.15, 0.2) is 0 Å². The number of nitrogens with two attached hydrogens (primary N) is 1. The average molecular weight is 216 g/mol. The highest BCUT2D eigenvalue weighted by Crippen LogP contribution is 2.02. The molecular weight excluding hydrogens is 192 g/mol. The highest BCUT2D eigenvalue weighted by atomic mass is 16.5. The Morgan fingerprint density at radius 1 is 1.53 bits per heavy atom. The molecule has 0 rings (SSSR count). The monoisotopic (exact) mass is 216 g/mol. The zero-order valence-electron chi connectivity index (χ0n) is 10.3. The molecule has 15 heavy (non-hydrogen) atoms. The van der Waals surface area contributed by atoms with Gasteiger partial charge in [0.1, 0.15) is 0 Å². The predicted octanol–water partition coefficient (Wildman–Crippen LogP) is 0.573. The van der Waals surface area contributed by atoms with Crippen molar-refractivity contribution in [2.45, 2.75) is 33.2 Å². The Hall–Kier alpha value is -0.810. The predicted molar refractivity (Wildman–Crippen MR) is 63.6 cm³/mol. The third-order valence-corrected chi connectivity index (χ3v) is 2.42. The Morgan fingerprint density at radius 3 is 2.60 bits per heavy atom. The summed E-state index contributed by atoms with van der Waals surface area (Å²) < 4.78 is 4.94. The van der Waals surface area contributed by atoms with Crippen molar-refractivity contribution in [2.75, 3.05) is 26.8 Å². The van der Waals surface area contributed by atoms with Gasteiger partial charge in [-0.2, -0.15) is 0 Å². The number of aliphatic imine (C=N–C) groups is 1. The number of hydrogen-bond acceptors (Lipinski definition) is 3. The molecular formula is C10H24N4O. The van der Waals surface area contributed by atoms with E-state index in [-0.39, 0.29) is 0 Å². The van der Waals surface area contributed by atoms with E-state index in [4.69, 9.17) is 10.6 Å². The first-order valence-corrected chi connectivity index (χ1v) is 5.47. The fourth-order valence-electron chi connectivity index (χ4n) is 1.35. The fraction of sp³-hybridized carbons (Fsp3) is 0.900. The highest BCUT2D eigenvalue weighted by Gasteiger charge is 2.13. The first-order valence-electron chi connectivity index (χ1n) is 5.47. The lowest BCUT2D eigenvalue weighted by atomic mass is 10.2. The number of guanidine groups is 1. The summed E-state index contributed by atoms with van der Waals surface area (Å²) in [4.78, 5) is 6.50. The van der Waals surface area contributed by atoms with E-state index < -0.39 is 0 Å². The number of hydrogen-bond donors (Lipinski definition) is 2. The second-order valence-electron chi connectivity index (χ2n) is 3.39. The second kappa shape index (κ2) is 8.49. The molecule has 0 aromatic carbocycles. The van der Waals surface area contributed by atoms with E-state index in [1.54, 1.807) is 7.11 Å². The zero-order valence-corrected chi connectivity index (χ0v) is 10.3. The summed E-state index contributed by atoms with van der Waals surface area (Å²) in [7, 11) is 1.66. The van der Waals surface area contributed by atoms with Crippen LogP contribution in [0.2, 0.25) is 0 Å². The summed E-state index contributed by atoms with van der Waals surface area (Å²) in [6.45, 7) is 8.54. The molecule has 0 bridgehead atoms. The van der Waals surface area contributed by atoms with Crippen molar-refractivity contribution in [2.24, 2.45) is 10.8 Å². The summed E-state index contributed by atoms with van der Waals surface area (Å²) >= 11 is 0. The SMILES string of the molecule is CCC(C)N(CC)C(=NCCOC)NN. The molecule has 0 radical (unpaired) electrons. The van der Waals surface area contributed by atoms with Crippen molar-refractivity contribution < 1.29 is 4.74 Å². The van der Waals surface area contributed by atoms with E-state index in [2.05, 4.69) is 36.1 Å². The van der Waals surface area contributed by atoms with Crippen molar-refractivity contribution in [3.63, 3.8) is 0 Å². The molecule has 0 saturated heterocycles. The van der Waals surface area contributed by atoms with Crippen LogP contribution in [0.1, 0.15) is 27.2 Å². The average Bonchev–Trinajstić information content (AvgIpc) is 2.27. The third kappa shape index (κ3) is 4.99. The largest absolute Gasteiger partial charge is 0.383 e. The lowest BCUT2D eigenvalue weighted by Crippen LogP contribution is -2.48. The summed E-state index contributed by atoms with van der Waals surface area (Å²) in [5, 5.41) is 0. The summed E-state index contributed by atoms with van der Waals surface area (Å²) in [6.07, 6.45) is 1.07. The van der Waals surface area contributed by atoms with Gasteiger partial charge in [0, 0.05) is 19.7 Å². The van der Waals surface area contributed by atoms with Crippen LogP contribution in [-0.2, 0) is 4.74 Å². The van der Waals surface area contributed by atoms with Gasteiger partial charge in [-0.15, -0.1) is 0 Å². The molecule has 90 valence electrons. The van der Waals surface area contributed by atoms with Crippen LogP contribution in [0.4, 0.5) is 0 Å². The molecule has 0 aromatic heterocycles. The maximum atomic E-state index is 5.46. The molecule has 5 heteroatoms. The lowest BCUT2D eigenvalue weighted by Gasteiger charge is -2.29. The second-order valence-corrected chi connectivity index (χ2v) is 3.39. The van der Waals surface area contributed by atoms with Gasteiger partial charge in [-0.3, -0.25) is 5.43 Å². The van der Waals surface area contributed by atoms with Gasteiger partial charge in [-0.25, -0.2) is 10.8 Å². The Balaban J connectivity index is 4.38. The summed E-state index contributed by atoms with van der Waals surface area (Å²) in [5.41, 5.74) is 2.65. The van der Waals surface area contributed by atoms with E-state index in [9.17, 15) is 0 Å². The van der Waals surface area contributed by atoms with E-state index >= 15 is 0 Å². The van der Waals surface area contributed by atoms with Gasteiger partial charge in [-0.05, 0) is 20.3 Å². The minimum Gasteiger partial charge on any atom is -0.383 e. The van der Waals surface area contributed by atoms with Crippen LogP contribution in [0.3, 0.4) is 0 Å². The Kier molecular flexibility index (Phi) is 8.04. The Labute approximate surface area is 92.7 Å². The van der Waals surface area contributed by atoms with Gasteiger partial charge < -0.3 is 9.64 Å². The van der Waals surface area contributed by atoms with E-state index in [0.717, 1.165) is 18.9 Å². The van der Waals surface area contributed by atoms with Crippen LogP contribution < -0.4 is 11.3 Å². The van der Waals surface area contributed by atoms with Crippen molar-refractivity contribution in [1.29, 1.82) is 0 Å². The van der Waals surface area contributed by atoms with Gasteiger partial charge in [0.2, 0.25) is 5.96 Å². The molecule has 0 aliphatic carbocycles. The Bertz CT molecular complexity index is 184. The number of rotatable bonds is 6. The normalized spacial score (nSPS) is 13.8. The molecule has 0 aliphatic heterocycles. The standard InChI is InChI=1S/C10H24N4O/c1-5-9(3)14(6-2)10(13-11)12-7-8-15-4/h9H,5-8,11H2,1-4H3,(H,12,13). The van der Waals surface area contributed by atoms with E-state index in [1.807, 2.05) is 0 Å². The fourth-order valence-corrected chi connectivity index (χ4v) is 1.35. The van der Waals surface area contributed by atoms with E-state index in [1.165, 1.54) is 0 Å². The van der Waals surface area contributed by atoms with Crippen LogP contribution in [0.15, 0.2) is 4.99 Å². The number of ether oxygens (including phenoxy) is 1. The molecule has 3 N–H and O–H groups in total.